The van der Waals surface area contributed by atoms with Gasteiger partial charge in [-0.3, -0.25) is 0 Å². The number of thioether (sulfide) groups is 1. The van der Waals surface area contributed by atoms with E-state index in [1.165, 1.54) is 24.4 Å². The summed E-state index contributed by atoms with van der Waals surface area (Å²) in [5, 5.41) is 4.63. The summed E-state index contributed by atoms with van der Waals surface area (Å²) in [6, 6.07) is 0.556. The van der Waals surface area contributed by atoms with E-state index in [0.29, 0.717) is 11.9 Å². The SMILES string of the molecule is CSc1c(N)nsc1NC(C)C1CC1. The first-order valence-corrected chi connectivity index (χ1v) is 6.78. The van der Waals surface area contributed by atoms with Gasteiger partial charge in [-0.05, 0) is 43.5 Å². The lowest BCUT2D eigenvalue weighted by molar-refractivity contribution is 0.695. The highest BCUT2D eigenvalue weighted by atomic mass is 32.2. The molecule has 1 saturated carbocycles. The fourth-order valence-electron chi connectivity index (χ4n) is 1.50. The molecule has 0 aromatic carbocycles. The maximum absolute atomic E-state index is 5.76. The number of aromatic nitrogens is 1. The smallest absolute Gasteiger partial charge is 0.153 e. The molecule has 1 aromatic heterocycles. The number of nitrogens with two attached hydrogens (primary N) is 1. The lowest BCUT2D eigenvalue weighted by Crippen LogP contribution is -2.16. The van der Waals surface area contributed by atoms with Gasteiger partial charge < -0.3 is 11.1 Å². The minimum atomic E-state index is 0.556. The van der Waals surface area contributed by atoms with Crippen LogP contribution in [-0.4, -0.2) is 16.7 Å². The minimum Gasteiger partial charge on any atom is -0.382 e. The van der Waals surface area contributed by atoms with Crippen LogP contribution in [0, 0.1) is 5.92 Å². The predicted octanol–water partition coefficient (Wildman–Crippen LogP) is 2.66. The van der Waals surface area contributed by atoms with Crippen LogP contribution in [0.15, 0.2) is 4.90 Å². The van der Waals surface area contributed by atoms with Crippen molar-refractivity contribution in [3.8, 4) is 0 Å². The number of nitrogens with one attached hydrogen (secondary N) is 1. The maximum Gasteiger partial charge on any atom is 0.153 e. The summed E-state index contributed by atoms with van der Waals surface area (Å²) in [6.07, 6.45) is 4.75. The second-order valence-corrected chi connectivity index (χ2v) is 5.29. The van der Waals surface area contributed by atoms with Gasteiger partial charge in [-0.1, -0.05) is 0 Å². The van der Waals surface area contributed by atoms with E-state index in [2.05, 4.69) is 16.6 Å². The zero-order chi connectivity index (χ0) is 10.1. The molecule has 1 unspecified atom stereocenters. The lowest BCUT2D eigenvalue weighted by Gasteiger charge is -2.12. The van der Waals surface area contributed by atoms with Crippen LogP contribution in [0.5, 0.6) is 0 Å². The number of hydrogen-bond acceptors (Lipinski definition) is 5. The van der Waals surface area contributed by atoms with Gasteiger partial charge in [-0.15, -0.1) is 11.8 Å². The van der Waals surface area contributed by atoms with Crippen molar-refractivity contribution in [3.05, 3.63) is 0 Å². The van der Waals surface area contributed by atoms with Crippen molar-refractivity contribution in [1.82, 2.24) is 4.37 Å². The standard InChI is InChI=1S/C9H15N3S2/c1-5(6-3-4-6)11-9-7(13-2)8(10)12-14-9/h5-6,11H,3-4H2,1-2H3,(H2,10,12). The van der Waals surface area contributed by atoms with Crippen LogP contribution in [0.2, 0.25) is 0 Å². The first kappa shape index (κ1) is 10.1. The highest BCUT2D eigenvalue weighted by Crippen LogP contribution is 2.39. The van der Waals surface area contributed by atoms with Crippen molar-refractivity contribution >= 4 is 34.1 Å². The molecule has 2 rings (SSSR count). The molecule has 0 amide bonds. The molecule has 3 N–H and O–H groups in total. The number of nitrogens with zero attached hydrogens (tertiary/aromatic N) is 1. The van der Waals surface area contributed by atoms with Crippen molar-refractivity contribution in [1.29, 1.82) is 0 Å². The van der Waals surface area contributed by atoms with E-state index in [0.717, 1.165) is 15.8 Å². The predicted molar refractivity (Wildman–Crippen MR) is 64.1 cm³/mol. The van der Waals surface area contributed by atoms with Crippen molar-refractivity contribution in [2.75, 3.05) is 17.3 Å². The average molecular weight is 229 g/mol. The van der Waals surface area contributed by atoms with Crippen molar-refractivity contribution in [3.63, 3.8) is 0 Å². The van der Waals surface area contributed by atoms with Crippen LogP contribution in [0.1, 0.15) is 19.8 Å². The molecule has 1 aliphatic carbocycles. The molecule has 1 fully saturated rings. The van der Waals surface area contributed by atoms with Crippen LogP contribution >= 0.6 is 23.3 Å². The van der Waals surface area contributed by atoms with Gasteiger partial charge in [0.1, 0.15) is 5.00 Å². The Labute approximate surface area is 92.6 Å². The Morgan fingerprint density at radius 2 is 2.36 bits per heavy atom. The van der Waals surface area contributed by atoms with E-state index in [4.69, 9.17) is 5.73 Å². The fourth-order valence-corrected chi connectivity index (χ4v) is 3.13. The fraction of sp³-hybridized carbons (Fsp3) is 0.667. The van der Waals surface area contributed by atoms with E-state index in [-0.39, 0.29) is 0 Å². The molecule has 0 radical (unpaired) electrons. The molecule has 0 aliphatic heterocycles. The Bertz CT molecular complexity index is 320. The lowest BCUT2D eigenvalue weighted by atomic mass is 10.2. The van der Waals surface area contributed by atoms with Gasteiger partial charge >= 0.3 is 0 Å². The Morgan fingerprint density at radius 1 is 1.64 bits per heavy atom. The molecule has 1 aliphatic rings. The summed E-state index contributed by atoms with van der Waals surface area (Å²) < 4.78 is 4.16. The van der Waals surface area contributed by atoms with Gasteiger partial charge in [0.15, 0.2) is 5.82 Å². The summed E-state index contributed by atoms with van der Waals surface area (Å²) >= 11 is 3.13. The molecule has 14 heavy (non-hydrogen) atoms. The van der Waals surface area contributed by atoms with Crippen LogP contribution in [-0.2, 0) is 0 Å². The molecule has 5 heteroatoms. The first-order chi connectivity index (χ1) is 6.72. The summed E-state index contributed by atoms with van der Waals surface area (Å²) in [4.78, 5) is 1.10. The third-order valence-corrected chi connectivity index (χ3v) is 4.31. The summed E-state index contributed by atoms with van der Waals surface area (Å²) in [7, 11) is 0. The highest BCUT2D eigenvalue weighted by molar-refractivity contribution is 7.99. The number of nitrogen functional groups attached to an aromatic ring is 1. The first-order valence-electron chi connectivity index (χ1n) is 4.78. The second-order valence-electron chi connectivity index (χ2n) is 3.70. The second kappa shape index (κ2) is 3.98. The van der Waals surface area contributed by atoms with Crippen molar-refractivity contribution in [2.45, 2.75) is 30.7 Å². The number of anilines is 2. The zero-order valence-corrected chi connectivity index (χ0v) is 10.0. The molecular weight excluding hydrogens is 214 g/mol. The van der Waals surface area contributed by atoms with Gasteiger partial charge in [0.05, 0.1) is 4.90 Å². The molecule has 0 bridgehead atoms. The van der Waals surface area contributed by atoms with Crippen LogP contribution in [0.25, 0.3) is 0 Å². The van der Waals surface area contributed by atoms with E-state index in [9.17, 15) is 0 Å². The highest BCUT2D eigenvalue weighted by Gasteiger charge is 2.28. The third kappa shape index (κ3) is 1.98. The van der Waals surface area contributed by atoms with E-state index < -0.39 is 0 Å². The normalized spacial score (nSPS) is 18.1. The van der Waals surface area contributed by atoms with Crippen LogP contribution in [0.3, 0.4) is 0 Å². The monoisotopic (exact) mass is 229 g/mol. The minimum absolute atomic E-state index is 0.556. The van der Waals surface area contributed by atoms with E-state index >= 15 is 0 Å². The Kier molecular flexibility index (Phi) is 2.88. The summed E-state index contributed by atoms with van der Waals surface area (Å²) in [5.41, 5.74) is 5.76. The molecule has 3 nitrogen and oxygen atoms in total. The van der Waals surface area contributed by atoms with Gasteiger partial charge in [-0.2, -0.15) is 4.37 Å². The van der Waals surface area contributed by atoms with Crippen molar-refractivity contribution < 1.29 is 0 Å². The molecule has 1 heterocycles. The average Bonchev–Trinajstić information content (AvgIpc) is 2.93. The Balaban J connectivity index is 2.07. The van der Waals surface area contributed by atoms with Gasteiger partial charge in [0.2, 0.25) is 0 Å². The van der Waals surface area contributed by atoms with E-state index in [1.807, 2.05) is 6.26 Å². The Hall–Kier alpha value is -0.420. The van der Waals surface area contributed by atoms with Gasteiger partial charge in [0.25, 0.3) is 0 Å². The summed E-state index contributed by atoms with van der Waals surface area (Å²) in [6.45, 7) is 2.23. The van der Waals surface area contributed by atoms with Gasteiger partial charge in [0, 0.05) is 6.04 Å². The molecule has 1 aromatic rings. The van der Waals surface area contributed by atoms with Crippen LogP contribution in [0.4, 0.5) is 10.8 Å². The van der Waals surface area contributed by atoms with Gasteiger partial charge in [-0.25, -0.2) is 0 Å². The van der Waals surface area contributed by atoms with Crippen molar-refractivity contribution in [2.24, 2.45) is 5.92 Å². The third-order valence-electron chi connectivity index (χ3n) is 2.57. The molecular formula is C9H15N3S2. The largest absolute Gasteiger partial charge is 0.382 e. The zero-order valence-electron chi connectivity index (χ0n) is 8.41. The molecule has 78 valence electrons. The number of hydrogen-bond donors (Lipinski definition) is 2. The maximum atomic E-state index is 5.76. The molecule has 1 atom stereocenters. The quantitative estimate of drug-likeness (QED) is 0.779. The summed E-state index contributed by atoms with van der Waals surface area (Å²) in [5.74, 6) is 1.51. The topological polar surface area (TPSA) is 50.9 Å². The Morgan fingerprint density at radius 3 is 2.93 bits per heavy atom. The number of rotatable bonds is 4. The molecule has 0 saturated heterocycles. The van der Waals surface area contributed by atoms with Crippen LogP contribution < -0.4 is 11.1 Å². The van der Waals surface area contributed by atoms with E-state index in [1.54, 1.807) is 11.8 Å². The molecule has 0 spiro atoms.